The lowest BCUT2D eigenvalue weighted by Gasteiger charge is -2.38. The van der Waals surface area contributed by atoms with Gasteiger partial charge in [-0.15, -0.1) is 0 Å². The molecule has 12 nitrogen and oxygen atoms in total. The lowest BCUT2D eigenvalue weighted by atomic mass is 9.92. The van der Waals surface area contributed by atoms with Gasteiger partial charge in [-0.2, -0.15) is 0 Å². The summed E-state index contributed by atoms with van der Waals surface area (Å²) in [7, 11) is 3.81. The van der Waals surface area contributed by atoms with Crippen LogP contribution in [0.2, 0.25) is 0 Å². The quantitative estimate of drug-likeness (QED) is 0.192. The topological polar surface area (TPSA) is 130 Å². The minimum Gasteiger partial charge on any atom is -0.346 e. The van der Waals surface area contributed by atoms with Crippen molar-refractivity contribution in [1.82, 2.24) is 39.9 Å². The molecule has 2 N–H and O–H groups in total. The molecule has 16 heteroatoms. The lowest BCUT2D eigenvalue weighted by molar-refractivity contribution is -0.126. The van der Waals surface area contributed by atoms with Crippen LogP contribution in [0.1, 0.15) is 51.4 Å². The summed E-state index contributed by atoms with van der Waals surface area (Å²) in [6.07, 6.45) is 4.23. The number of anilines is 2. The monoisotopic (exact) mass is 674 g/mol. The molecule has 4 aromatic rings. The van der Waals surface area contributed by atoms with Crippen molar-refractivity contribution in [2.75, 3.05) is 50.3 Å². The van der Waals surface area contributed by atoms with Gasteiger partial charge in [0.2, 0.25) is 12.9 Å². The maximum atomic E-state index is 12.3. The van der Waals surface area contributed by atoms with Gasteiger partial charge in [0, 0.05) is 90.2 Å². The number of nitrogens with one attached hydrogen (secondary N) is 2. The maximum Gasteiger partial charge on any atom is 0.239 e. The second-order valence-corrected chi connectivity index (χ2v) is 12.2. The van der Waals surface area contributed by atoms with Gasteiger partial charge in [-0.1, -0.05) is 0 Å². The molecule has 0 amide bonds. The smallest absolute Gasteiger partial charge is 0.239 e. The number of fused-ring (bicyclic) bond motifs is 2. The van der Waals surface area contributed by atoms with Gasteiger partial charge in [0.25, 0.3) is 0 Å². The fourth-order valence-electron chi connectivity index (χ4n) is 6.40. The number of Topliss-reactive ketones (excluding diaryl/α,β-unsaturated/α-hetero) is 2. The van der Waals surface area contributed by atoms with E-state index < -0.39 is 12.9 Å². The summed E-state index contributed by atoms with van der Waals surface area (Å²) in [4.78, 5) is 47.5. The summed E-state index contributed by atoms with van der Waals surface area (Å²) in [5.74, 6) is 1.02. The summed E-state index contributed by atoms with van der Waals surface area (Å²) in [6, 6.07) is 3.83. The van der Waals surface area contributed by atoms with Crippen molar-refractivity contribution in [3.05, 3.63) is 37.2 Å². The molecule has 2 aliphatic heterocycles. The number of piperidine rings is 2. The zero-order valence-electron chi connectivity index (χ0n) is 27.2. The standard InChI is InChI=1S/2C16H21F2N5O/c2*1-22(16-12-6-7-19-15(12)20-10-21-16)23-8-2-3-11(9-23)13(24)4-5-14(17)18/h2*6-7,10-11,14H,2-5,8-9H2,1H3,(H,19,20,21)/t2*11-/m10/s1. The van der Waals surface area contributed by atoms with Gasteiger partial charge in [-0.3, -0.25) is 19.6 Å². The number of hydrogen-bond acceptors (Lipinski definition) is 10. The Kier molecular flexibility index (Phi) is 11.9. The van der Waals surface area contributed by atoms with E-state index in [-0.39, 0.29) is 49.1 Å². The molecule has 0 unspecified atom stereocenters. The Morgan fingerprint density at radius 3 is 1.56 bits per heavy atom. The molecule has 4 aromatic heterocycles. The number of aromatic amines is 2. The van der Waals surface area contributed by atoms with Crippen LogP contribution in [0.25, 0.3) is 22.1 Å². The largest absolute Gasteiger partial charge is 0.346 e. The molecule has 6 heterocycles. The Morgan fingerprint density at radius 1 is 0.750 bits per heavy atom. The Morgan fingerprint density at radius 2 is 1.17 bits per heavy atom. The molecular weight excluding hydrogens is 632 g/mol. The lowest BCUT2D eigenvalue weighted by Crippen LogP contribution is -2.48. The van der Waals surface area contributed by atoms with Crippen LogP contribution in [0.4, 0.5) is 29.2 Å². The van der Waals surface area contributed by atoms with E-state index in [1.54, 1.807) is 0 Å². The molecule has 0 aromatic carbocycles. The fraction of sp³-hybridized carbons (Fsp3) is 0.562. The predicted molar refractivity (Wildman–Crippen MR) is 174 cm³/mol. The molecule has 0 saturated carbocycles. The summed E-state index contributed by atoms with van der Waals surface area (Å²) < 4.78 is 49.3. The first-order valence-electron chi connectivity index (χ1n) is 16.3. The minimum atomic E-state index is -2.42. The normalized spacial score (nSPS) is 19.1. The number of alkyl halides is 4. The number of halogens is 4. The Balaban J connectivity index is 0.000000188. The highest BCUT2D eigenvalue weighted by Crippen LogP contribution is 2.28. The fourth-order valence-corrected chi connectivity index (χ4v) is 6.40. The molecule has 0 bridgehead atoms. The Hall–Kier alpha value is -4.18. The van der Waals surface area contributed by atoms with E-state index in [1.165, 1.54) is 12.7 Å². The Bertz CT molecular complexity index is 1530. The number of hydrazine groups is 2. The van der Waals surface area contributed by atoms with Crippen LogP contribution in [0.3, 0.4) is 0 Å². The van der Waals surface area contributed by atoms with Crippen LogP contribution in [0.5, 0.6) is 0 Å². The van der Waals surface area contributed by atoms with Crippen molar-refractivity contribution < 1.29 is 27.2 Å². The zero-order valence-corrected chi connectivity index (χ0v) is 27.2. The third-order valence-corrected chi connectivity index (χ3v) is 9.06. The molecule has 2 fully saturated rings. The number of rotatable bonds is 12. The second kappa shape index (κ2) is 16.3. The van der Waals surface area contributed by atoms with Gasteiger partial charge in [0.1, 0.15) is 35.5 Å². The van der Waals surface area contributed by atoms with E-state index in [1.807, 2.05) is 48.6 Å². The highest BCUT2D eigenvalue weighted by atomic mass is 19.3. The number of aromatic nitrogens is 6. The van der Waals surface area contributed by atoms with Crippen molar-refractivity contribution in [3.8, 4) is 0 Å². The van der Waals surface area contributed by atoms with Crippen LogP contribution >= 0.6 is 0 Å². The highest BCUT2D eigenvalue weighted by molar-refractivity contribution is 5.88. The summed E-state index contributed by atoms with van der Waals surface area (Å²) in [6.45, 7) is 2.69. The molecule has 6 rings (SSSR count). The molecular formula is C32H42F4N10O2. The average molecular weight is 675 g/mol. The third kappa shape index (κ3) is 8.64. The zero-order chi connectivity index (χ0) is 34.2. The van der Waals surface area contributed by atoms with E-state index in [0.717, 1.165) is 72.5 Å². The van der Waals surface area contributed by atoms with Gasteiger partial charge in [0.05, 0.1) is 10.8 Å². The van der Waals surface area contributed by atoms with Gasteiger partial charge < -0.3 is 9.97 Å². The molecule has 0 aliphatic carbocycles. The van der Waals surface area contributed by atoms with Crippen LogP contribution < -0.4 is 10.0 Å². The average Bonchev–Trinajstić information content (AvgIpc) is 3.79. The van der Waals surface area contributed by atoms with E-state index in [9.17, 15) is 27.2 Å². The van der Waals surface area contributed by atoms with Crippen LogP contribution in [-0.4, -0.2) is 105 Å². The van der Waals surface area contributed by atoms with Crippen molar-refractivity contribution in [2.45, 2.75) is 64.2 Å². The summed E-state index contributed by atoms with van der Waals surface area (Å²) >= 11 is 0. The van der Waals surface area contributed by atoms with Gasteiger partial charge in [0.15, 0.2) is 11.6 Å². The number of carbonyl (C=O) groups excluding carboxylic acids is 2. The highest BCUT2D eigenvalue weighted by Gasteiger charge is 2.30. The second-order valence-electron chi connectivity index (χ2n) is 12.2. The third-order valence-electron chi connectivity index (χ3n) is 9.06. The number of nitrogens with zero attached hydrogens (tertiary/aromatic N) is 8. The van der Waals surface area contributed by atoms with E-state index in [2.05, 4.69) is 39.9 Å². The molecule has 0 spiro atoms. The predicted octanol–water partition coefficient (Wildman–Crippen LogP) is 5.27. The number of carbonyl (C=O) groups is 2. The van der Waals surface area contributed by atoms with E-state index >= 15 is 0 Å². The summed E-state index contributed by atoms with van der Waals surface area (Å²) in [5.41, 5.74) is 1.52. The van der Waals surface area contributed by atoms with Crippen LogP contribution in [0.15, 0.2) is 37.2 Å². The van der Waals surface area contributed by atoms with Gasteiger partial charge >= 0.3 is 0 Å². The van der Waals surface area contributed by atoms with Crippen molar-refractivity contribution in [2.24, 2.45) is 11.8 Å². The van der Waals surface area contributed by atoms with Crippen molar-refractivity contribution >= 4 is 45.3 Å². The maximum absolute atomic E-state index is 12.3. The van der Waals surface area contributed by atoms with Gasteiger partial charge in [-0.25, -0.2) is 47.5 Å². The van der Waals surface area contributed by atoms with Crippen LogP contribution in [-0.2, 0) is 9.59 Å². The first-order valence-corrected chi connectivity index (χ1v) is 16.3. The number of H-pyrrole nitrogens is 2. The first-order chi connectivity index (χ1) is 23.1. The number of ketones is 2. The Labute approximate surface area is 275 Å². The van der Waals surface area contributed by atoms with Crippen molar-refractivity contribution in [1.29, 1.82) is 0 Å². The van der Waals surface area contributed by atoms with Gasteiger partial charge in [-0.05, 0) is 37.8 Å². The van der Waals surface area contributed by atoms with E-state index in [0.29, 0.717) is 13.1 Å². The minimum absolute atomic E-state index is 0.0462. The molecule has 0 radical (unpaired) electrons. The molecule has 2 saturated heterocycles. The molecule has 2 aliphatic rings. The molecule has 2 atom stereocenters. The SMILES string of the molecule is CN(c1ncnc2[nH]ccc12)N1CCC[C@@H](C(=O)CCC(F)F)C1.CN(c1ncnc2[nH]ccc12)N1CCC[C@H](C(=O)CCC(F)F)C1. The first kappa shape index (κ1) is 35.1. The summed E-state index contributed by atoms with van der Waals surface area (Å²) in [5, 5.41) is 9.80. The van der Waals surface area contributed by atoms with E-state index in [4.69, 9.17) is 0 Å². The number of hydrogen-bond donors (Lipinski definition) is 2. The molecule has 48 heavy (non-hydrogen) atoms. The van der Waals surface area contributed by atoms with Crippen molar-refractivity contribution in [3.63, 3.8) is 0 Å². The molecule has 260 valence electrons. The van der Waals surface area contributed by atoms with Crippen LogP contribution in [0, 0.1) is 11.8 Å².